The van der Waals surface area contributed by atoms with E-state index in [1.165, 1.54) is 16.1 Å². The molecule has 6 nitrogen and oxygen atoms in total. The minimum atomic E-state index is -0.495. The second-order valence-corrected chi connectivity index (χ2v) is 7.99. The third-order valence-electron chi connectivity index (χ3n) is 4.93. The molecule has 0 fully saturated rings. The molecule has 2 aromatic heterocycles. The van der Waals surface area contributed by atoms with Gasteiger partial charge in [-0.2, -0.15) is 4.73 Å². The van der Waals surface area contributed by atoms with Crippen molar-refractivity contribution in [3.8, 4) is 22.1 Å². The predicted octanol–water partition coefficient (Wildman–Crippen LogP) is 4.78. The van der Waals surface area contributed by atoms with Gasteiger partial charge in [0.15, 0.2) is 5.52 Å². The summed E-state index contributed by atoms with van der Waals surface area (Å²) in [5.41, 5.74) is 1.19. The van der Waals surface area contributed by atoms with Crippen molar-refractivity contribution < 1.29 is 14.3 Å². The molecule has 0 radical (unpaired) electrons. The van der Waals surface area contributed by atoms with Crippen LogP contribution < -0.4 is 19.9 Å². The maximum absolute atomic E-state index is 13.2. The first-order valence-corrected chi connectivity index (χ1v) is 10.8. The molecule has 0 bridgehead atoms. The van der Waals surface area contributed by atoms with Crippen molar-refractivity contribution in [3.63, 3.8) is 0 Å². The number of rotatable bonds is 6. The average molecular weight is 442 g/mol. The molecule has 5 rings (SSSR count). The third-order valence-corrected chi connectivity index (χ3v) is 5.80. The highest BCUT2D eigenvalue weighted by Gasteiger charge is 2.24. The van der Waals surface area contributed by atoms with E-state index in [-0.39, 0.29) is 12.3 Å². The van der Waals surface area contributed by atoms with Crippen molar-refractivity contribution >= 4 is 22.4 Å². The second-order valence-electron chi connectivity index (χ2n) is 7.04. The Balaban J connectivity index is 1.44. The first-order valence-electron chi connectivity index (χ1n) is 9.97. The van der Waals surface area contributed by atoms with Gasteiger partial charge in [0.25, 0.3) is 0 Å². The van der Waals surface area contributed by atoms with Gasteiger partial charge in [0.2, 0.25) is 5.52 Å². The maximum Gasteiger partial charge on any atom is 0.358 e. The quantitative estimate of drug-likeness (QED) is 0.280. The zero-order valence-electron chi connectivity index (χ0n) is 16.9. The Morgan fingerprint density at radius 1 is 0.844 bits per heavy atom. The third kappa shape index (κ3) is 3.81. The van der Waals surface area contributed by atoms with Crippen LogP contribution in [0, 0.1) is 5.21 Å². The van der Waals surface area contributed by atoms with Gasteiger partial charge >= 0.3 is 11.3 Å². The van der Waals surface area contributed by atoms with E-state index in [1.54, 1.807) is 36.4 Å². The van der Waals surface area contributed by atoms with Crippen LogP contribution in [-0.4, -0.2) is 4.73 Å². The van der Waals surface area contributed by atoms with Crippen molar-refractivity contribution in [2.24, 2.45) is 0 Å². The molecular weight excluding hydrogens is 424 g/mol. The number of thiophene rings is 1. The van der Waals surface area contributed by atoms with Crippen molar-refractivity contribution in [2.75, 3.05) is 0 Å². The highest BCUT2D eigenvalue weighted by atomic mass is 32.1. The standard InChI is InChI=1S/C25H18N2O4S/c28-25-24(23-11-6-16-32-23)26(29)21-9-4-5-10-22(21)27(25)30-17-18-12-14-20(15-13-18)31-19-7-2-1-3-8-19/h1-16H,17H2. The molecule has 7 heteroatoms. The number of nitrogens with zero attached hydrogens (tertiary/aromatic N) is 2. The highest BCUT2D eigenvalue weighted by Crippen LogP contribution is 2.22. The largest absolute Gasteiger partial charge is 0.618 e. The second kappa shape index (κ2) is 8.56. The van der Waals surface area contributed by atoms with Gasteiger partial charge in [-0.3, -0.25) is 4.79 Å². The van der Waals surface area contributed by atoms with E-state index in [0.717, 1.165) is 11.3 Å². The monoisotopic (exact) mass is 442 g/mol. The zero-order valence-corrected chi connectivity index (χ0v) is 17.7. The molecule has 0 saturated heterocycles. The molecule has 0 N–H and O–H groups in total. The summed E-state index contributed by atoms with van der Waals surface area (Å²) in [4.78, 5) is 19.7. The number of fused-ring (bicyclic) bond motifs is 1. The van der Waals surface area contributed by atoms with Crippen LogP contribution in [-0.2, 0) is 6.61 Å². The normalized spacial score (nSPS) is 10.9. The smallest absolute Gasteiger partial charge is 0.358 e. The molecule has 2 heterocycles. The van der Waals surface area contributed by atoms with Crippen LogP contribution in [0.5, 0.6) is 11.5 Å². The van der Waals surface area contributed by atoms with Crippen LogP contribution >= 0.6 is 11.3 Å². The number of ether oxygens (including phenoxy) is 1. The van der Waals surface area contributed by atoms with E-state index in [4.69, 9.17) is 9.57 Å². The maximum atomic E-state index is 13.2. The molecular formula is C25H18N2O4S. The fourth-order valence-electron chi connectivity index (χ4n) is 3.38. The van der Waals surface area contributed by atoms with Gasteiger partial charge in [-0.15, -0.1) is 16.1 Å². The van der Waals surface area contributed by atoms with Crippen molar-refractivity contribution in [1.82, 2.24) is 4.73 Å². The van der Waals surface area contributed by atoms with Crippen LogP contribution in [0.4, 0.5) is 0 Å². The summed E-state index contributed by atoms with van der Waals surface area (Å²) in [6.07, 6.45) is 0. The molecule has 0 spiro atoms. The summed E-state index contributed by atoms with van der Waals surface area (Å²) >= 11 is 1.33. The Bertz CT molecular complexity index is 1410. The fourth-order valence-corrected chi connectivity index (χ4v) is 4.13. The average Bonchev–Trinajstić information content (AvgIpc) is 3.35. The van der Waals surface area contributed by atoms with E-state index in [0.29, 0.717) is 26.4 Å². The Morgan fingerprint density at radius 3 is 2.31 bits per heavy atom. The fraction of sp³-hybridized carbons (Fsp3) is 0.0400. The molecule has 0 amide bonds. The van der Waals surface area contributed by atoms with Crippen LogP contribution in [0.25, 0.3) is 21.6 Å². The summed E-state index contributed by atoms with van der Waals surface area (Å²) in [7, 11) is 0. The van der Waals surface area contributed by atoms with Crippen molar-refractivity contribution in [1.29, 1.82) is 0 Å². The Hall–Kier alpha value is -4.10. The molecule has 32 heavy (non-hydrogen) atoms. The minimum absolute atomic E-state index is 0.0466. The van der Waals surface area contributed by atoms with E-state index in [1.807, 2.05) is 60.0 Å². The van der Waals surface area contributed by atoms with Gasteiger partial charge < -0.3 is 14.8 Å². The van der Waals surface area contributed by atoms with Gasteiger partial charge in [-0.25, -0.2) is 0 Å². The summed E-state index contributed by atoms with van der Waals surface area (Å²) in [6.45, 7) is 0.155. The SMILES string of the molecule is O=c1c(-c2cccs2)[n+]([O-])c2ccccc2n1OCc1ccc(Oc2ccccc2)cc1. The molecule has 5 aromatic rings. The van der Waals surface area contributed by atoms with Crippen molar-refractivity contribution in [3.05, 3.63) is 118 Å². The summed E-state index contributed by atoms with van der Waals surface area (Å²) in [5, 5.41) is 14.7. The zero-order chi connectivity index (χ0) is 21.9. The molecule has 0 aliphatic heterocycles. The van der Waals surface area contributed by atoms with E-state index < -0.39 is 5.56 Å². The van der Waals surface area contributed by atoms with Gasteiger partial charge in [0.05, 0.1) is 0 Å². The molecule has 0 saturated carbocycles. The number of benzene rings is 3. The molecule has 0 unspecified atom stereocenters. The molecule has 3 aromatic carbocycles. The van der Waals surface area contributed by atoms with Crippen LogP contribution in [0.3, 0.4) is 0 Å². The number of para-hydroxylation sites is 3. The van der Waals surface area contributed by atoms with Crippen molar-refractivity contribution in [2.45, 2.75) is 6.61 Å². The lowest BCUT2D eigenvalue weighted by Gasteiger charge is -2.14. The van der Waals surface area contributed by atoms with Gasteiger partial charge in [0.1, 0.15) is 23.0 Å². The Kier molecular flexibility index (Phi) is 5.31. The summed E-state index contributed by atoms with van der Waals surface area (Å²) in [5.74, 6) is 1.46. The minimum Gasteiger partial charge on any atom is -0.618 e. The Labute approximate surface area is 187 Å². The first kappa shape index (κ1) is 19.8. The van der Waals surface area contributed by atoms with E-state index in [9.17, 15) is 10.0 Å². The number of hydrogen-bond donors (Lipinski definition) is 0. The van der Waals surface area contributed by atoms with Crippen LogP contribution in [0.15, 0.2) is 101 Å². The lowest BCUT2D eigenvalue weighted by molar-refractivity contribution is -0.566. The highest BCUT2D eigenvalue weighted by molar-refractivity contribution is 7.13. The van der Waals surface area contributed by atoms with Crippen LogP contribution in [0.1, 0.15) is 5.56 Å². The molecule has 0 aliphatic rings. The number of aromatic nitrogens is 2. The number of hydrogen-bond acceptors (Lipinski definition) is 5. The summed E-state index contributed by atoms with van der Waals surface area (Å²) in [6, 6.07) is 27.4. The van der Waals surface area contributed by atoms with E-state index in [2.05, 4.69) is 0 Å². The topological polar surface area (TPSA) is 67.4 Å². The molecule has 158 valence electrons. The summed E-state index contributed by atoms with van der Waals surface area (Å²) < 4.78 is 7.69. The van der Waals surface area contributed by atoms with E-state index >= 15 is 0 Å². The lowest BCUT2D eigenvalue weighted by atomic mass is 10.2. The molecule has 0 atom stereocenters. The Morgan fingerprint density at radius 2 is 1.56 bits per heavy atom. The van der Waals surface area contributed by atoms with Gasteiger partial charge in [-0.05, 0) is 47.3 Å². The predicted molar refractivity (Wildman–Crippen MR) is 124 cm³/mol. The van der Waals surface area contributed by atoms with Gasteiger partial charge in [0, 0.05) is 6.07 Å². The first-order chi connectivity index (χ1) is 15.7. The molecule has 0 aliphatic carbocycles. The lowest BCUT2D eigenvalue weighted by Crippen LogP contribution is -2.42. The van der Waals surface area contributed by atoms with Crippen LogP contribution in [0.2, 0.25) is 0 Å². The van der Waals surface area contributed by atoms with Gasteiger partial charge in [-0.1, -0.05) is 48.5 Å².